The largest absolute Gasteiger partial charge is 0.446 e. The molecule has 0 saturated heterocycles. The highest BCUT2D eigenvalue weighted by Crippen LogP contribution is 2.34. The highest BCUT2D eigenvalue weighted by Gasteiger charge is 2.21. The number of fused-ring (bicyclic) bond motifs is 1. The van der Waals surface area contributed by atoms with Crippen molar-refractivity contribution in [1.82, 2.24) is 9.97 Å². The highest BCUT2D eigenvalue weighted by atomic mass is 16.6. The lowest BCUT2D eigenvalue weighted by molar-refractivity contribution is 0.0624. The summed E-state index contributed by atoms with van der Waals surface area (Å²) in [4.78, 5) is 32.6. The van der Waals surface area contributed by atoms with Gasteiger partial charge in [-0.3, -0.25) is 15.1 Å². The molecule has 32 heavy (non-hydrogen) atoms. The van der Waals surface area contributed by atoms with Gasteiger partial charge in [0.1, 0.15) is 11.8 Å². The summed E-state index contributed by atoms with van der Waals surface area (Å²) in [6.07, 6.45) is 4.93. The second-order valence-corrected chi connectivity index (χ2v) is 7.79. The van der Waals surface area contributed by atoms with E-state index in [0.29, 0.717) is 22.3 Å². The molecule has 6 nitrogen and oxygen atoms in total. The fourth-order valence-electron chi connectivity index (χ4n) is 3.77. The van der Waals surface area contributed by atoms with Crippen LogP contribution in [0.15, 0.2) is 72.9 Å². The molecule has 1 amide bonds. The minimum atomic E-state index is -0.426. The maximum atomic E-state index is 12.0. The Bertz CT molecular complexity index is 1280. The molecule has 5 rings (SSSR count). The number of nitrogens with zero attached hydrogens (tertiary/aromatic N) is 2. The van der Waals surface area contributed by atoms with Gasteiger partial charge < -0.3 is 4.74 Å². The molecular formula is C26H21N3O3. The number of rotatable bonds is 5. The predicted molar refractivity (Wildman–Crippen MR) is 124 cm³/mol. The Morgan fingerprint density at radius 1 is 1.00 bits per heavy atom. The number of anilines is 1. The average Bonchev–Trinajstić information content (AvgIpc) is 2.81. The van der Waals surface area contributed by atoms with Crippen molar-refractivity contribution < 1.29 is 14.3 Å². The van der Waals surface area contributed by atoms with Gasteiger partial charge in [-0.15, -0.1) is 0 Å². The summed E-state index contributed by atoms with van der Waals surface area (Å²) in [7, 11) is 0. The number of aromatic nitrogens is 2. The van der Waals surface area contributed by atoms with Gasteiger partial charge in [-0.1, -0.05) is 42.5 Å². The summed E-state index contributed by atoms with van der Waals surface area (Å²) in [6.45, 7) is 0. The minimum absolute atomic E-state index is 0.0373. The second kappa shape index (κ2) is 8.59. The number of aldehydes is 1. The zero-order valence-corrected chi connectivity index (χ0v) is 17.3. The maximum absolute atomic E-state index is 12.0. The molecule has 2 aromatic heterocycles. The molecule has 0 radical (unpaired) electrons. The molecule has 1 aliphatic carbocycles. The smallest absolute Gasteiger partial charge is 0.411 e. The van der Waals surface area contributed by atoms with Crippen LogP contribution in [-0.2, 0) is 4.74 Å². The molecule has 0 aliphatic heterocycles. The van der Waals surface area contributed by atoms with Crippen molar-refractivity contribution in [3.63, 3.8) is 0 Å². The zero-order chi connectivity index (χ0) is 21.9. The summed E-state index contributed by atoms with van der Waals surface area (Å²) in [6, 6.07) is 21.2. The Morgan fingerprint density at radius 2 is 1.78 bits per heavy atom. The van der Waals surface area contributed by atoms with Gasteiger partial charge >= 0.3 is 6.09 Å². The van der Waals surface area contributed by atoms with Gasteiger partial charge in [0.2, 0.25) is 0 Å². The maximum Gasteiger partial charge on any atom is 0.411 e. The lowest BCUT2D eigenvalue weighted by Gasteiger charge is -2.25. The number of nitrogens with one attached hydrogen (secondary N) is 1. The van der Waals surface area contributed by atoms with Crippen molar-refractivity contribution in [2.24, 2.45) is 0 Å². The standard InChI is InChI=1S/C26H21N3O3/c30-16-24-22-15-21(17-5-2-1-3-6-17)25(29-23(22)13-14-27-24)18-9-11-19(12-10-18)28-26(31)32-20-7-4-8-20/h1-3,5-6,9-16,20H,4,7-8H2,(H,28,31). The predicted octanol–water partition coefficient (Wildman–Crippen LogP) is 5.88. The summed E-state index contributed by atoms with van der Waals surface area (Å²) in [5, 5.41) is 3.49. The lowest BCUT2D eigenvalue weighted by atomic mass is 9.96. The molecule has 6 heteroatoms. The van der Waals surface area contributed by atoms with Gasteiger partial charge in [0.25, 0.3) is 0 Å². The first-order valence-corrected chi connectivity index (χ1v) is 10.6. The van der Waals surface area contributed by atoms with E-state index < -0.39 is 6.09 Å². The van der Waals surface area contributed by atoms with E-state index in [1.54, 1.807) is 12.3 Å². The number of hydrogen-bond acceptors (Lipinski definition) is 5. The van der Waals surface area contributed by atoms with Gasteiger partial charge in [-0.25, -0.2) is 9.78 Å². The Kier molecular flexibility index (Phi) is 5.34. The SMILES string of the molecule is O=Cc1nccc2nc(-c3ccc(NC(=O)OC4CCC4)cc3)c(-c3ccccc3)cc12. The summed E-state index contributed by atoms with van der Waals surface area (Å²) in [5.41, 5.74) is 5.30. The van der Waals surface area contributed by atoms with E-state index in [1.165, 1.54) is 0 Å². The third-order valence-electron chi connectivity index (χ3n) is 5.70. The van der Waals surface area contributed by atoms with E-state index >= 15 is 0 Å². The number of carbonyl (C=O) groups excluding carboxylic acids is 2. The van der Waals surface area contributed by atoms with E-state index in [-0.39, 0.29) is 6.10 Å². The first-order chi connectivity index (χ1) is 15.7. The van der Waals surface area contributed by atoms with Crippen LogP contribution in [0.2, 0.25) is 0 Å². The molecule has 1 fully saturated rings. The third kappa shape index (κ3) is 3.95. The van der Waals surface area contributed by atoms with Crippen LogP contribution in [0.5, 0.6) is 0 Å². The van der Waals surface area contributed by atoms with Crippen LogP contribution < -0.4 is 5.32 Å². The fraction of sp³-hybridized carbons (Fsp3) is 0.154. The van der Waals surface area contributed by atoms with Crippen LogP contribution in [0.1, 0.15) is 29.8 Å². The van der Waals surface area contributed by atoms with Crippen LogP contribution in [0.3, 0.4) is 0 Å². The van der Waals surface area contributed by atoms with E-state index in [4.69, 9.17) is 9.72 Å². The normalized spacial score (nSPS) is 13.4. The van der Waals surface area contributed by atoms with E-state index in [0.717, 1.165) is 47.9 Å². The number of benzene rings is 2. The fourth-order valence-corrected chi connectivity index (χ4v) is 3.77. The molecule has 0 spiro atoms. The molecule has 0 atom stereocenters. The Labute approximate surface area is 185 Å². The summed E-state index contributed by atoms with van der Waals surface area (Å²) < 4.78 is 5.36. The Hall–Kier alpha value is -4.06. The molecule has 4 aromatic rings. The number of pyridine rings is 2. The molecule has 1 saturated carbocycles. The van der Waals surface area contributed by atoms with Gasteiger partial charge in [0, 0.05) is 28.4 Å². The van der Waals surface area contributed by atoms with Crippen molar-refractivity contribution in [2.75, 3.05) is 5.32 Å². The molecule has 2 heterocycles. The molecule has 158 valence electrons. The summed E-state index contributed by atoms with van der Waals surface area (Å²) >= 11 is 0. The second-order valence-electron chi connectivity index (χ2n) is 7.79. The zero-order valence-electron chi connectivity index (χ0n) is 17.3. The van der Waals surface area contributed by atoms with Crippen LogP contribution in [0, 0.1) is 0 Å². The number of hydrogen-bond donors (Lipinski definition) is 1. The quantitative estimate of drug-likeness (QED) is 0.406. The lowest BCUT2D eigenvalue weighted by Crippen LogP contribution is -2.27. The molecule has 1 aliphatic rings. The van der Waals surface area contributed by atoms with Crippen LogP contribution in [0.4, 0.5) is 10.5 Å². The van der Waals surface area contributed by atoms with Gasteiger partial charge in [-0.05, 0) is 49.1 Å². The number of ether oxygens (including phenoxy) is 1. The first-order valence-electron chi connectivity index (χ1n) is 10.6. The van der Waals surface area contributed by atoms with Gasteiger partial charge in [0.05, 0.1) is 11.2 Å². The van der Waals surface area contributed by atoms with Crippen molar-refractivity contribution >= 4 is 29.0 Å². The molecule has 1 N–H and O–H groups in total. The average molecular weight is 423 g/mol. The highest BCUT2D eigenvalue weighted by molar-refractivity contribution is 5.99. The molecule has 0 unspecified atom stereocenters. The van der Waals surface area contributed by atoms with Crippen molar-refractivity contribution in [2.45, 2.75) is 25.4 Å². The van der Waals surface area contributed by atoms with Gasteiger partial charge in [0.15, 0.2) is 6.29 Å². The van der Waals surface area contributed by atoms with E-state index in [9.17, 15) is 9.59 Å². The monoisotopic (exact) mass is 423 g/mol. The van der Waals surface area contributed by atoms with Crippen molar-refractivity contribution in [3.05, 3.63) is 78.6 Å². The Balaban J connectivity index is 1.52. The molecule has 0 bridgehead atoms. The minimum Gasteiger partial charge on any atom is -0.446 e. The molecule has 2 aromatic carbocycles. The first kappa shape index (κ1) is 19.9. The van der Waals surface area contributed by atoms with Crippen LogP contribution in [-0.4, -0.2) is 28.5 Å². The van der Waals surface area contributed by atoms with Gasteiger partial charge in [-0.2, -0.15) is 0 Å². The summed E-state index contributed by atoms with van der Waals surface area (Å²) in [5.74, 6) is 0. The number of amides is 1. The van der Waals surface area contributed by atoms with Crippen LogP contribution in [0.25, 0.3) is 33.3 Å². The van der Waals surface area contributed by atoms with E-state index in [2.05, 4.69) is 10.3 Å². The third-order valence-corrected chi connectivity index (χ3v) is 5.70. The van der Waals surface area contributed by atoms with Crippen molar-refractivity contribution in [3.8, 4) is 22.4 Å². The Morgan fingerprint density at radius 3 is 2.47 bits per heavy atom. The van der Waals surface area contributed by atoms with Crippen molar-refractivity contribution in [1.29, 1.82) is 0 Å². The number of carbonyl (C=O) groups is 2. The van der Waals surface area contributed by atoms with E-state index in [1.807, 2.05) is 60.7 Å². The molecular weight excluding hydrogens is 402 g/mol. The van der Waals surface area contributed by atoms with Crippen LogP contribution >= 0.6 is 0 Å². The topological polar surface area (TPSA) is 81.2 Å².